The molecule has 1 aliphatic rings. The Bertz CT molecular complexity index is 517. The fourth-order valence-electron chi connectivity index (χ4n) is 2.66. The summed E-state index contributed by atoms with van der Waals surface area (Å²) in [6.45, 7) is 2.83. The van der Waals surface area contributed by atoms with E-state index in [1.165, 1.54) is 4.88 Å². The molecular weight excluding hydrogens is 270 g/mol. The van der Waals surface area contributed by atoms with Gasteiger partial charge in [-0.05, 0) is 36.8 Å². The molecule has 2 aromatic rings. The molecule has 1 atom stereocenters. The minimum atomic E-state index is 0.192. The molecule has 0 amide bonds. The predicted octanol–water partition coefficient (Wildman–Crippen LogP) is 2.59. The number of hydrogen-bond acceptors (Lipinski definition) is 4. The molecule has 5 heteroatoms. The zero-order valence-electron chi connectivity index (χ0n) is 11.8. The topological polar surface area (TPSA) is 39.1 Å². The average molecular weight is 291 g/mol. The van der Waals surface area contributed by atoms with Crippen molar-refractivity contribution in [2.75, 3.05) is 19.8 Å². The smallest absolute Gasteiger partial charge is 0.131 e. The number of imidazole rings is 1. The Hall–Kier alpha value is -1.17. The van der Waals surface area contributed by atoms with Gasteiger partial charge in [-0.1, -0.05) is 6.07 Å². The highest BCUT2D eigenvalue weighted by atomic mass is 32.1. The van der Waals surface area contributed by atoms with Crippen LogP contribution in [0.15, 0.2) is 29.9 Å². The van der Waals surface area contributed by atoms with Gasteiger partial charge in [-0.25, -0.2) is 4.98 Å². The summed E-state index contributed by atoms with van der Waals surface area (Å²) in [6.07, 6.45) is 6.19. The molecule has 1 fully saturated rings. The first-order valence-corrected chi connectivity index (χ1v) is 8.04. The maximum absolute atomic E-state index is 5.43. The maximum atomic E-state index is 5.43. The molecule has 20 heavy (non-hydrogen) atoms. The van der Waals surface area contributed by atoms with Crippen LogP contribution in [-0.4, -0.2) is 29.3 Å². The van der Waals surface area contributed by atoms with Gasteiger partial charge >= 0.3 is 0 Å². The van der Waals surface area contributed by atoms with Crippen LogP contribution in [0.4, 0.5) is 0 Å². The average Bonchev–Trinajstić information content (AvgIpc) is 3.13. The lowest BCUT2D eigenvalue weighted by molar-refractivity contribution is 0.0657. The second-order valence-electron chi connectivity index (χ2n) is 5.31. The van der Waals surface area contributed by atoms with Crippen LogP contribution in [0.25, 0.3) is 0 Å². The van der Waals surface area contributed by atoms with Gasteiger partial charge in [0.15, 0.2) is 0 Å². The van der Waals surface area contributed by atoms with E-state index in [9.17, 15) is 0 Å². The molecule has 0 radical (unpaired) electrons. The molecule has 0 aliphatic carbocycles. The molecule has 1 aliphatic heterocycles. The van der Waals surface area contributed by atoms with Crippen LogP contribution in [0, 0.1) is 5.92 Å². The van der Waals surface area contributed by atoms with E-state index in [0.717, 1.165) is 38.4 Å². The first-order valence-electron chi connectivity index (χ1n) is 7.16. The van der Waals surface area contributed by atoms with E-state index < -0.39 is 0 Å². The zero-order chi connectivity index (χ0) is 13.8. The van der Waals surface area contributed by atoms with E-state index in [1.54, 1.807) is 11.3 Å². The number of ether oxygens (including phenoxy) is 1. The van der Waals surface area contributed by atoms with Crippen molar-refractivity contribution < 1.29 is 4.74 Å². The highest BCUT2D eigenvalue weighted by molar-refractivity contribution is 7.10. The Balaban J connectivity index is 1.71. The van der Waals surface area contributed by atoms with Crippen molar-refractivity contribution in [2.45, 2.75) is 18.9 Å². The van der Waals surface area contributed by atoms with Gasteiger partial charge in [0, 0.05) is 37.5 Å². The van der Waals surface area contributed by atoms with E-state index in [-0.39, 0.29) is 6.04 Å². The van der Waals surface area contributed by atoms with Crippen molar-refractivity contribution in [2.24, 2.45) is 13.0 Å². The molecule has 4 nitrogen and oxygen atoms in total. The second kappa shape index (κ2) is 6.52. The predicted molar refractivity (Wildman–Crippen MR) is 80.9 cm³/mol. The van der Waals surface area contributed by atoms with Crippen molar-refractivity contribution in [1.82, 2.24) is 14.9 Å². The zero-order valence-corrected chi connectivity index (χ0v) is 12.6. The first-order chi connectivity index (χ1) is 9.84. The third-order valence-electron chi connectivity index (χ3n) is 3.90. The molecule has 0 bridgehead atoms. The summed E-state index contributed by atoms with van der Waals surface area (Å²) in [5.74, 6) is 1.80. The Kier molecular flexibility index (Phi) is 4.50. The molecule has 3 rings (SSSR count). The van der Waals surface area contributed by atoms with Crippen LogP contribution in [0.3, 0.4) is 0 Å². The van der Waals surface area contributed by atoms with Gasteiger partial charge in [0.2, 0.25) is 0 Å². The van der Waals surface area contributed by atoms with E-state index >= 15 is 0 Å². The number of hydrogen-bond donors (Lipinski definition) is 1. The number of nitrogens with one attached hydrogen (secondary N) is 1. The van der Waals surface area contributed by atoms with Gasteiger partial charge in [0.05, 0.1) is 0 Å². The molecule has 0 aromatic carbocycles. The highest BCUT2D eigenvalue weighted by Gasteiger charge is 2.21. The summed E-state index contributed by atoms with van der Waals surface area (Å²) in [4.78, 5) is 5.84. The molecular formula is C15H21N3OS. The Morgan fingerprint density at radius 2 is 2.35 bits per heavy atom. The summed E-state index contributed by atoms with van der Waals surface area (Å²) < 4.78 is 7.53. The number of aromatic nitrogens is 2. The van der Waals surface area contributed by atoms with Crippen molar-refractivity contribution in [3.05, 3.63) is 40.6 Å². The molecule has 1 unspecified atom stereocenters. The molecule has 108 valence electrons. The lowest BCUT2D eigenvalue weighted by atomic mass is 10.00. The van der Waals surface area contributed by atoms with Gasteiger partial charge in [0.25, 0.3) is 0 Å². The van der Waals surface area contributed by atoms with E-state index in [4.69, 9.17) is 4.74 Å². The Morgan fingerprint density at radius 3 is 3.00 bits per heavy atom. The van der Waals surface area contributed by atoms with Crippen molar-refractivity contribution in [3.63, 3.8) is 0 Å². The van der Waals surface area contributed by atoms with Crippen LogP contribution in [-0.2, 0) is 11.8 Å². The molecule has 1 N–H and O–H groups in total. The van der Waals surface area contributed by atoms with Gasteiger partial charge in [0.1, 0.15) is 11.9 Å². The quantitative estimate of drug-likeness (QED) is 0.920. The minimum Gasteiger partial charge on any atom is -0.381 e. The fourth-order valence-corrected chi connectivity index (χ4v) is 3.46. The van der Waals surface area contributed by atoms with Gasteiger partial charge in [-0.2, -0.15) is 0 Å². The third-order valence-corrected chi connectivity index (χ3v) is 4.83. The molecule has 0 saturated carbocycles. The lowest BCUT2D eigenvalue weighted by Crippen LogP contribution is -2.32. The van der Waals surface area contributed by atoms with Gasteiger partial charge < -0.3 is 14.6 Å². The molecule has 2 aromatic heterocycles. The standard InChI is InChI=1S/C15H21N3OS/c1-18-7-6-16-15(18)14(13-3-2-10-20-13)17-11-12-4-8-19-9-5-12/h2-3,6-7,10,12,14,17H,4-5,8-9,11H2,1H3. The van der Waals surface area contributed by atoms with Crippen LogP contribution in [0.1, 0.15) is 29.6 Å². The molecule has 3 heterocycles. The van der Waals surface area contributed by atoms with Crippen LogP contribution in [0.2, 0.25) is 0 Å². The minimum absolute atomic E-state index is 0.192. The summed E-state index contributed by atoms with van der Waals surface area (Å²) in [7, 11) is 2.05. The lowest BCUT2D eigenvalue weighted by Gasteiger charge is -2.25. The summed E-state index contributed by atoms with van der Waals surface area (Å²) in [6, 6.07) is 4.48. The van der Waals surface area contributed by atoms with Crippen LogP contribution in [0.5, 0.6) is 0 Å². The third kappa shape index (κ3) is 3.11. The van der Waals surface area contributed by atoms with Crippen molar-refractivity contribution >= 4 is 11.3 Å². The van der Waals surface area contributed by atoms with Crippen LogP contribution < -0.4 is 5.32 Å². The Morgan fingerprint density at radius 1 is 1.50 bits per heavy atom. The van der Waals surface area contributed by atoms with E-state index in [2.05, 4.69) is 39.4 Å². The van der Waals surface area contributed by atoms with Crippen molar-refractivity contribution in [1.29, 1.82) is 0 Å². The summed E-state index contributed by atoms with van der Waals surface area (Å²) in [5, 5.41) is 5.83. The summed E-state index contributed by atoms with van der Waals surface area (Å²) in [5.41, 5.74) is 0. The van der Waals surface area contributed by atoms with Gasteiger partial charge in [-0.15, -0.1) is 11.3 Å². The number of aryl methyl sites for hydroxylation is 1. The van der Waals surface area contributed by atoms with Crippen LogP contribution >= 0.6 is 11.3 Å². The van der Waals surface area contributed by atoms with Gasteiger partial charge in [-0.3, -0.25) is 0 Å². The van der Waals surface area contributed by atoms with Crippen molar-refractivity contribution in [3.8, 4) is 0 Å². The first kappa shape index (κ1) is 13.8. The van der Waals surface area contributed by atoms with E-state index in [0.29, 0.717) is 5.92 Å². The normalized spacial score (nSPS) is 18.2. The maximum Gasteiger partial charge on any atom is 0.131 e. The SMILES string of the molecule is Cn1ccnc1C(NCC1CCOCC1)c1cccs1. The second-order valence-corrected chi connectivity index (χ2v) is 6.29. The summed E-state index contributed by atoms with van der Waals surface area (Å²) >= 11 is 1.78. The number of rotatable bonds is 5. The largest absolute Gasteiger partial charge is 0.381 e. The van der Waals surface area contributed by atoms with E-state index in [1.807, 2.05) is 12.4 Å². The number of thiophene rings is 1. The molecule has 0 spiro atoms. The molecule has 1 saturated heterocycles. The number of nitrogens with zero attached hydrogens (tertiary/aromatic N) is 2. The fraction of sp³-hybridized carbons (Fsp3) is 0.533. The Labute approximate surface area is 123 Å². The highest BCUT2D eigenvalue weighted by Crippen LogP contribution is 2.25. The monoisotopic (exact) mass is 291 g/mol.